The number of nitrogens with one attached hydrogen (secondary N) is 1. The molecule has 0 radical (unpaired) electrons. The van der Waals surface area contributed by atoms with Crippen LogP contribution in [0.5, 0.6) is 11.5 Å². The third-order valence-corrected chi connectivity index (χ3v) is 10.3. The second-order valence-electron chi connectivity index (χ2n) is 11.3. The van der Waals surface area contributed by atoms with Crippen LogP contribution in [0, 0.1) is 0 Å². The zero-order valence-electron chi connectivity index (χ0n) is 25.7. The molecule has 46 heavy (non-hydrogen) atoms. The first kappa shape index (κ1) is 33.0. The average molecular weight is 660 g/mol. The summed E-state index contributed by atoms with van der Waals surface area (Å²) < 4.78 is 35.2. The largest absolute Gasteiger partial charge is 0.457 e. The summed E-state index contributed by atoms with van der Waals surface area (Å²) in [5.41, 5.74) is 0.934. The van der Waals surface area contributed by atoms with Crippen LogP contribution >= 0.6 is 11.6 Å². The Morgan fingerprint density at radius 2 is 1.43 bits per heavy atom. The molecular formula is C36H38ClN3O5S. The van der Waals surface area contributed by atoms with E-state index in [9.17, 15) is 18.0 Å². The fourth-order valence-electron chi connectivity index (χ4n) is 5.65. The van der Waals surface area contributed by atoms with Gasteiger partial charge >= 0.3 is 0 Å². The second-order valence-corrected chi connectivity index (χ2v) is 13.5. The number of sulfonamides is 1. The monoisotopic (exact) mass is 659 g/mol. The van der Waals surface area contributed by atoms with E-state index in [-0.39, 0.29) is 29.1 Å². The molecule has 1 aliphatic carbocycles. The van der Waals surface area contributed by atoms with Gasteiger partial charge in [0.1, 0.15) is 24.1 Å². The van der Waals surface area contributed by atoms with E-state index < -0.39 is 28.5 Å². The number of rotatable bonds is 13. The highest BCUT2D eigenvalue weighted by Gasteiger charge is 2.34. The van der Waals surface area contributed by atoms with Crippen molar-refractivity contribution in [2.24, 2.45) is 0 Å². The summed E-state index contributed by atoms with van der Waals surface area (Å²) in [6, 6.07) is 30.1. The molecule has 0 aromatic heterocycles. The molecule has 10 heteroatoms. The number of benzene rings is 4. The van der Waals surface area contributed by atoms with Gasteiger partial charge in [-0.3, -0.25) is 13.9 Å². The Hall–Kier alpha value is -4.34. The van der Waals surface area contributed by atoms with Gasteiger partial charge in [0.15, 0.2) is 0 Å². The molecule has 4 aromatic rings. The minimum atomic E-state index is -4.19. The summed E-state index contributed by atoms with van der Waals surface area (Å²) in [4.78, 5) is 29.5. The summed E-state index contributed by atoms with van der Waals surface area (Å²) in [5, 5.41) is 3.57. The molecule has 1 aliphatic rings. The standard InChI is InChI=1S/C36H38ClN3O5S/c1-2-34(36(42)38-28-14-10-11-15-28)39(25-27-13-9-12-20-33(27)37)35(41)26-40(46(43,44)32-18-7-4-8-19-32)29-21-23-31(24-22-29)45-30-16-5-3-6-17-30/h3-9,12-13,16-24,28,34H,2,10-11,14-15,25-26H2,1H3,(H,38,42)/t34-/m0/s1. The number of amides is 2. The minimum absolute atomic E-state index is 0.0380. The fraction of sp³-hybridized carbons (Fsp3) is 0.278. The van der Waals surface area contributed by atoms with Gasteiger partial charge in [-0.15, -0.1) is 0 Å². The zero-order chi connectivity index (χ0) is 32.5. The van der Waals surface area contributed by atoms with E-state index in [2.05, 4.69) is 5.32 Å². The van der Waals surface area contributed by atoms with Crippen LogP contribution in [0.3, 0.4) is 0 Å². The lowest BCUT2D eigenvalue weighted by Crippen LogP contribution is -2.53. The second kappa shape index (κ2) is 15.3. The van der Waals surface area contributed by atoms with Crippen LogP contribution in [-0.2, 0) is 26.2 Å². The first-order chi connectivity index (χ1) is 22.3. The summed E-state index contributed by atoms with van der Waals surface area (Å²) in [6.45, 7) is 1.35. The molecule has 5 rings (SSSR count). The highest BCUT2D eigenvalue weighted by molar-refractivity contribution is 7.92. The lowest BCUT2D eigenvalue weighted by Gasteiger charge is -2.34. The van der Waals surface area contributed by atoms with Gasteiger partial charge in [-0.25, -0.2) is 8.42 Å². The van der Waals surface area contributed by atoms with Gasteiger partial charge in [0.2, 0.25) is 11.8 Å². The van der Waals surface area contributed by atoms with E-state index in [1.54, 1.807) is 60.7 Å². The van der Waals surface area contributed by atoms with Gasteiger partial charge in [0.05, 0.1) is 10.6 Å². The van der Waals surface area contributed by atoms with Crippen LogP contribution in [0.2, 0.25) is 5.02 Å². The Balaban J connectivity index is 1.48. The number of anilines is 1. The quantitative estimate of drug-likeness (QED) is 0.164. The summed E-state index contributed by atoms with van der Waals surface area (Å²) in [5.74, 6) is 0.358. The highest BCUT2D eigenvalue weighted by Crippen LogP contribution is 2.29. The molecule has 4 aromatic carbocycles. The van der Waals surface area contributed by atoms with E-state index in [0.717, 1.165) is 30.0 Å². The molecule has 0 unspecified atom stereocenters. The van der Waals surface area contributed by atoms with Crippen LogP contribution in [0.25, 0.3) is 0 Å². The summed E-state index contributed by atoms with van der Waals surface area (Å²) >= 11 is 6.51. The van der Waals surface area contributed by atoms with E-state index >= 15 is 0 Å². The van der Waals surface area contributed by atoms with Gasteiger partial charge < -0.3 is 15.0 Å². The molecule has 8 nitrogen and oxygen atoms in total. The lowest BCUT2D eigenvalue weighted by atomic mass is 10.1. The number of nitrogens with zero attached hydrogens (tertiary/aromatic N) is 2. The van der Waals surface area contributed by atoms with Crippen LogP contribution in [0.1, 0.15) is 44.6 Å². The number of para-hydroxylation sites is 1. The van der Waals surface area contributed by atoms with E-state index in [1.165, 1.54) is 17.0 Å². The Kier molecular flexibility index (Phi) is 11.0. The Morgan fingerprint density at radius 3 is 2.07 bits per heavy atom. The van der Waals surface area contributed by atoms with E-state index in [1.807, 2.05) is 43.3 Å². The molecule has 0 saturated heterocycles. The zero-order valence-corrected chi connectivity index (χ0v) is 27.3. The van der Waals surface area contributed by atoms with Gasteiger partial charge in [0.25, 0.3) is 10.0 Å². The maximum absolute atomic E-state index is 14.3. The molecule has 2 amide bonds. The average Bonchev–Trinajstić information content (AvgIpc) is 3.58. The molecule has 0 bridgehead atoms. The molecule has 1 saturated carbocycles. The molecule has 240 valence electrons. The van der Waals surface area contributed by atoms with Crippen molar-refractivity contribution < 1.29 is 22.7 Å². The van der Waals surface area contributed by atoms with Gasteiger partial charge in [-0.1, -0.05) is 86.0 Å². The number of hydrogen-bond donors (Lipinski definition) is 1. The van der Waals surface area contributed by atoms with Crippen molar-refractivity contribution in [3.05, 3.63) is 120 Å². The Morgan fingerprint density at radius 1 is 0.848 bits per heavy atom. The van der Waals surface area contributed by atoms with Crippen LogP contribution < -0.4 is 14.4 Å². The van der Waals surface area contributed by atoms with Crippen LogP contribution in [-0.4, -0.2) is 43.8 Å². The number of carbonyl (C=O) groups is 2. The molecule has 0 aliphatic heterocycles. The van der Waals surface area contributed by atoms with Crippen molar-refractivity contribution in [2.75, 3.05) is 10.8 Å². The number of hydrogen-bond acceptors (Lipinski definition) is 5. The van der Waals surface area contributed by atoms with Crippen LogP contribution in [0.15, 0.2) is 114 Å². The van der Waals surface area contributed by atoms with Crippen molar-refractivity contribution in [3.63, 3.8) is 0 Å². The minimum Gasteiger partial charge on any atom is -0.457 e. The molecule has 0 heterocycles. The van der Waals surface area contributed by atoms with Gasteiger partial charge in [0, 0.05) is 17.6 Å². The van der Waals surface area contributed by atoms with E-state index in [4.69, 9.17) is 16.3 Å². The Bertz CT molecular complexity index is 1710. The van der Waals surface area contributed by atoms with E-state index in [0.29, 0.717) is 28.5 Å². The maximum atomic E-state index is 14.3. The first-order valence-electron chi connectivity index (χ1n) is 15.5. The summed E-state index contributed by atoms with van der Waals surface area (Å²) in [6.07, 6.45) is 4.23. The van der Waals surface area contributed by atoms with Gasteiger partial charge in [-0.2, -0.15) is 0 Å². The van der Waals surface area contributed by atoms with Crippen LogP contribution in [0.4, 0.5) is 5.69 Å². The predicted octanol–water partition coefficient (Wildman–Crippen LogP) is 7.19. The third-order valence-electron chi connectivity index (χ3n) is 8.10. The van der Waals surface area contributed by atoms with Crippen molar-refractivity contribution in [1.29, 1.82) is 0 Å². The topological polar surface area (TPSA) is 96.0 Å². The molecule has 1 N–H and O–H groups in total. The smallest absolute Gasteiger partial charge is 0.264 e. The normalized spacial score (nSPS) is 14.0. The number of halogens is 1. The lowest BCUT2D eigenvalue weighted by molar-refractivity contribution is -0.140. The van der Waals surface area contributed by atoms with Crippen molar-refractivity contribution in [1.82, 2.24) is 10.2 Å². The number of carbonyl (C=O) groups excluding carboxylic acids is 2. The maximum Gasteiger partial charge on any atom is 0.264 e. The Labute approximate surface area is 276 Å². The predicted molar refractivity (Wildman–Crippen MR) is 180 cm³/mol. The SMILES string of the molecule is CC[C@@H](C(=O)NC1CCCC1)N(Cc1ccccc1Cl)C(=O)CN(c1ccc(Oc2ccccc2)cc1)S(=O)(=O)c1ccccc1. The van der Waals surface area contributed by atoms with Crippen molar-refractivity contribution >= 4 is 39.1 Å². The third kappa shape index (κ3) is 8.08. The van der Waals surface area contributed by atoms with Crippen molar-refractivity contribution in [3.8, 4) is 11.5 Å². The van der Waals surface area contributed by atoms with Gasteiger partial charge in [-0.05, 0) is 79.4 Å². The van der Waals surface area contributed by atoms with Crippen molar-refractivity contribution in [2.45, 2.75) is 62.6 Å². The molecular weight excluding hydrogens is 622 g/mol. The fourth-order valence-corrected chi connectivity index (χ4v) is 7.28. The highest BCUT2D eigenvalue weighted by atomic mass is 35.5. The number of ether oxygens (including phenoxy) is 1. The first-order valence-corrected chi connectivity index (χ1v) is 17.3. The molecule has 0 spiro atoms. The molecule has 1 atom stereocenters. The molecule has 1 fully saturated rings. The summed E-state index contributed by atoms with van der Waals surface area (Å²) in [7, 11) is -4.19.